The molecule has 0 amide bonds. The Hall–Kier alpha value is -0.240. The molecule has 5 N–H and O–H groups in total. The molecule has 0 unspecified atom stereocenters. The monoisotopic (exact) mass is 441 g/mol. The summed E-state index contributed by atoms with van der Waals surface area (Å²) in [6, 6.07) is 0. The minimum absolute atomic E-state index is 0.889. The number of rotatable bonds is 0. The molecule has 5 saturated heterocycles. The predicted octanol–water partition coefficient (Wildman–Crippen LogP) is 2.89. The van der Waals surface area contributed by atoms with E-state index < -0.39 is 0 Å². The third-order valence-electron chi connectivity index (χ3n) is 6.10. The van der Waals surface area contributed by atoms with Crippen LogP contribution in [0.25, 0.3) is 0 Å². The Morgan fingerprint density at radius 2 is 0.742 bits per heavy atom. The lowest BCUT2D eigenvalue weighted by Gasteiger charge is -2.17. The molecule has 0 bridgehead atoms. The lowest BCUT2D eigenvalue weighted by molar-refractivity contribution is 0.109. The van der Waals surface area contributed by atoms with E-state index in [1.807, 2.05) is 0 Å². The standard InChI is InChI=1S/2C6H13N.C5H11N.C4H9NO.C4H9N/c1-6-2-4-7-5-3-6;1-2-4-6-7-5-3-1;1-2-4-6-5-3-1;1-3-6-4-2-5-1;1-2-4-5-3-1/h6-7H,2-5H2,1H3;7H,1-6H2;6H,1-5H2;5H,1-4H2;5H,1-4H2. The molecule has 0 saturated carbocycles. The SMILES string of the molecule is C1CCCNCC1.C1CCNC1.C1CCNCC1.C1COCCN1.CC1CCNCC1. The Labute approximate surface area is 193 Å². The summed E-state index contributed by atoms with van der Waals surface area (Å²) in [5.41, 5.74) is 0. The topological polar surface area (TPSA) is 69.4 Å². The van der Waals surface area contributed by atoms with Gasteiger partial charge in [0, 0.05) is 13.1 Å². The lowest BCUT2D eigenvalue weighted by atomic mass is 10.0. The third-order valence-corrected chi connectivity index (χ3v) is 6.10. The Kier molecular flexibility index (Phi) is 22.7. The van der Waals surface area contributed by atoms with Gasteiger partial charge in [-0.2, -0.15) is 0 Å². The van der Waals surface area contributed by atoms with Gasteiger partial charge in [0.05, 0.1) is 13.2 Å². The van der Waals surface area contributed by atoms with Gasteiger partial charge in [-0.1, -0.05) is 26.2 Å². The second kappa shape index (κ2) is 24.4. The third kappa shape index (κ3) is 22.7. The second-order valence-electron chi connectivity index (χ2n) is 9.23. The van der Waals surface area contributed by atoms with Crippen LogP contribution in [0.2, 0.25) is 0 Å². The Morgan fingerprint density at radius 3 is 1.00 bits per heavy atom. The van der Waals surface area contributed by atoms with Gasteiger partial charge in [-0.05, 0) is 110 Å². The van der Waals surface area contributed by atoms with E-state index in [4.69, 9.17) is 4.74 Å². The molecule has 6 heteroatoms. The summed E-state index contributed by atoms with van der Waals surface area (Å²) in [6.45, 7) is 16.1. The Bertz CT molecular complexity index is 266. The fourth-order valence-electron chi connectivity index (χ4n) is 3.89. The summed E-state index contributed by atoms with van der Waals surface area (Å²) in [5, 5.41) is 16.3. The van der Waals surface area contributed by atoms with E-state index in [0.717, 1.165) is 32.2 Å². The molecular weight excluding hydrogens is 386 g/mol. The molecule has 0 aliphatic carbocycles. The number of nitrogens with one attached hydrogen (secondary N) is 5. The first-order chi connectivity index (χ1) is 15.4. The van der Waals surface area contributed by atoms with Crippen LogP contribution in [0.1, 0.15) is 77.6 Å². The van der Waals surface area contributed by atoms with Crippen molar-refractivity contribution >= 4 is 0 Å². The normalized spacial score (nSPS) is 24.3. The largest absolute Gasteiger partial charge is 0.379 e. The molecule has 6 nitrogen and oxygen atoms in total. The summed E-state index contributed by atoms with van der Waals surface area (Å²) in [6.07, 6.45) is 15.4. The minimum atomic E-state index is 0.889. The average molecular weight is 442 g/mol. The molecule has 186 valence electrons. The lowest BCUT2D eigenvalue weighted by Crippen LogP contribution is -2.30. The van der Waals surface area contributed by atoms with E-state index in [0.29, 0.717) is 0 Å². The Morgan fingerprint density at radius 1 is 0.419 bits per heavy atom. The van der Waals surface area contributed by atoms with Crippen molar-refractivity contribution < 1.29 is 4.74 Å². The molecule has 5 heterocycles. The van der Waals surface area contributed by atoms with E-state index in [1.165, 1.54) is 123 Å². The van der Waals surface area contributed by atoms with Gasteiger partial charge in [0.25, 0.3) is 0 Å². The van der Waals surface area contributed by atoms with Crippen molar-refractivity contribution in [3.63, 3.8) is 0 Å². The van der Waals surface area contributed by atoms with Crippen molar-refractivity contribution in [1.82, 2.24) is 26.6 Å². The maximum Gasteiger partial charge on any atom is 0.0591 e. The highest BCUT2D eigenvalue weighted by Crippen LogP contribution is 2.08. The molecule has 0 atom stereocenters. The first kappa shape index (κ1) is 28.8. The zero-order valence-corrected chi connectivity index (χ0v) is 20.7. The van der Waals surface area contributed by atoms with Gasteiger partial charge in [0.15, 0.2) is 0 Å². The molecule has 0 aromatic heterocycles. The molecule has 31 heavy (non-hydrogen) atoms. The number of hydrogen-bond acceptors (Lipinski definition) is 6. The average Bonchev–Trinajstić information content (AvgIpc) is 3.31. The van der Waals surface area contributed by atoms with E-state index in [9.17, 15) is 0 Å². The van der Waals surface area contributed by atoms with Gasteiger partial charge in [0.2, 0.25) is 0 Å². The van der Waals surface area contributed by atoms with Crippen LogP contribution >= 0.6 is 0 Å². The van der Waals surface area contributed by atoms with E-state index >= 15 is 0 Å². The van der Waals surface area contributed by atoms with Gasteiger partial charge in [0.1, 0.15) is 0 Å². The zero-order valence-electron chi connectivity index (χ0n) is 20.7. The molecule has 0 aromatic rings. The predicted molar refractivity (Wildman–Crippen MR) is 135 cm³/mol. The van der Waals surface area contributed by atoms with Crippen molar-refractivity contribution in [2.75, 3.05) is 78.7 Å². The number of ether oxygens (including phenoxy) is 1. The van der Waals surface area contributed by atoms with Gasteiger partial charge in [-0.3, -0.25) is 0 Å². The summed E-state index contributed by atoms with van der Waals surface area (Å²) < 4.78 is 5.01. The van der Waals surface area contributed by atoms with Gasteiger partial charge in [-0.15, -0.1) is 0 Å². The van der Waals surface area contributed by atoms with E-state index in [1.54, 1.807) is 0 Å². The summed E-state index contributed by atoms with van der Waals surface area (Å²) in [4.78, 5) is 0. The molecule has 0 aromatic carbocycles. The highest BCUT2D eigenvalue weighted by atomic mass is 16.5. The molecule has 5 aliphatic rings. The van der Waals surface area contributed by atoms with E-state index in [2.05, 4.69) is 33.5 Å². The van der Waals surface area contributed by atoms with Crippen LogP contribution in [0.5, 0.6) is 0 Å². The van der Waals surface area contributed by atoms with Crippen molar-refractivity contribution in [2.45, 2.75) is 77.6 Å². The number of morpholine rings is 1. The first-order valence-electron chi connectivity index (χ1n) is 13.5. The van der Waals surface area contributed by atoms with Crippen LogP contribution in [-0.2, 0) is 4.74 Å². The molecule has 5 fully saturated rings. The van der Waals surface area contributed by atoms with Crippen molar-refractivity contribution in [2.24, 2.45) is 5.92 Å². The number of piperidine rings is 2. The molecule has 0 spiro atoms. The zero-order chi connectivity index (χ0) is 22.1. The fraction of sp³-hybridized carbons (Fsp3) is 1.00. The summed E-state index contributed by atoms with van der Waals surface area (Å²) in [5.74, 6) is 0.973. The van der Waals surface area contributed by atoms with Crippen molar-refractivity contribution in [3.05, 3.63) is 0 Å². The van der Waals surface area contributed by atoms with Crippen LogP contribution in [0.15, 0.2) is 0 Å². The van der Waals surface area contributed by atoms with Crippen LogP contribution < -0.4 is 26.6 Å². The quantitative estimate of drug-likeness (QED) is 0.398. The van der Waals surface area contributed by atoms with Crippen LogP contribution in [0.4, 0.5) is 0 Å². The minimum Gasteiger partial charge on any atom is -0.379 e. The van der Waals surface area contributed by atoms with Crippen molar-refractivity contribution in [1.29, 1.82) is 0 Å². The number of hydrogen-bond donors (Lipinski definition) is 5. The smallest absolute Gasteiger partial charge is 0.0591 e. The molecular formula is C25H55N5O. The van der Waals surface area contributed by atoms with E-state index in [-0.39, 0.29) is 0 Å². The van der Waals surface area contributed by atoms with Crippen LogP contribution in [0, 0.1) is 5.92 Å². The summed E-state index contributed by atoms with van der Waals surface area (Å²) >= 11 is 0. The molecule has 5 aliphatic heterocycles. The fourth-order valence-corrected chi connectivity index (χ4v) is 3.89. The van der Waals surface area contributed by atoms with Crippen LogP contribution in [-0.4, -0.2) is 78.7 Å². The van der Waals surface area contributed by atoms with Gasteiger partial charge < -0.3 is 31.3 Å². The van der Waals surface area contributed by atoms with Gasteiger partial charge >= 0.3 is 0 Å². The highest BCUT2D eigenvalue weighted by Gasteiger charge is 2.05. The maximum absolute atomic E-state index is 5.01. The van der Waals surface area contributed by atoms with Crippen LogP contribution in [0.3, 0.4) is 0 Å². The Balaban J connectivity index is 0.000000195. The maximum atomic E-state index is 5.01. The van der Waals surface area contributed by atoms with Crippen molar-refractivity contribution in [3.8, 4) is 0 Å². The van der Waals surface area contributed by atoms with Gasteiger partial charge in [-0.25, -0.2) is 0 Å². The molecule has 0 radical (unpaired) electrons. The summed E-state index contributed by atoms with van der Waals surface area (Å²) in [7, 11) is 0. The second-order valence-corrected chi connectivity index (χ2v) is 9.23. The molecule has 5 rings (SSSR count). The highest BCUT2D eigenvalue weighted by molar-refractivity contribution is 4.63. The first-order valence-corrected chi connectivity index (χ1v) is 13.5.